The molecule has 0 spiro atoms. The van der Waals surface area contributed by atoms with E-state index < -0.39 is 33.6 Å². The molecule has 0 saturated heterocycles. The van der Waals surface area contributed by atoms with E-state index in [-0.39, 0.29) is 29.3 Å². The maximum atomic E-state index is 12.5. The number of hydrogen-bond donors (Lipinski definition) is 3. The van der Waals surface area contributed by atoms with Crippen LogP contribution >= 0.6 is 0 Å². The van der Waals surface area contributed by atoms with Crippen molar-refractivity contribution < 1.29 is 28.5 Å². The van der Waals surface area contributed by atoms with Crippen LogP contribution in [0.5, 0.6) is 0 Å². The lowest BCUT2D eigenvalue weighted by atomic mass is 9.87. The fourth-order valence-corrected chi connectivity index (χ4v) is 4.55. The molecule has 0 amide bonds. The predicted octanol–water partition coefficient (Wildman–Crippen LogP) is 1.72. The third-order valence-corrected chi connectivity index (χ3v) is 6.51. The quantitative estimate of drug-likeness (QED) is 0.534. The molecule has 1 aromatic carbocycles. The van der Waals surface area contributed by atoms with Crippen molar-refractivity contribution in [2.75, 3.05) is 5.75 Å². The summed E-state index contributed by atoms with van der Waals surface area (Å²) < 4.78 is 25.0. The maximum absolute atomic E-state index is 12.5. The van der Waals surface area contributed by atoms with Gasteiger partial charge in [0.25, 0.3) is 0 Å². The van der Waals surface area contributed by atoms with Crippen LogP contribution in [0.2, 0.25) is 0 Å². The van der Waals surface area contributed by atoms with E-state index in [2.05, 4.69) is 0 Å². The van der Waals surface area contributed by atoms with Gasteiger partial charge in [-0.3, -0.25) is 4.79 Å². The minimum absolute atomic E-state index is 0.0393. The summed E-state index contributed by atoms with van der Waals surface area (Å²) in [5.74, 6) is -0.452. The molecular formula is C19H30O6S. The number of Topliss-reactive ketones (excluding diaryl/α,β-unsaturated/α-hetero) is 1. The highest BCUT2D eigenvalue weighted by molar-refractivity contribution is 7.91. The summed E-state index contributed by atoms with van der Waals surface area (Å²) in [7, 11) is -3.56. The lowest BCUT2D eigenvalue weighted by Gasteiger charge is -2.23. The Balaban J connectivity index is 2.55. The molecule has 0 radical (unpaired) electrons. The summed E-state index contributed by atoms with van der Waals surface area (Å²) in [5, 5.41) is 28.6. The molecule has 26 heavy (non-hydrogen) atoms. The Morgan fingerprint density at radius 3 is 2.23 bits per heavy atom. The first kappa shape index (κ1) is 22.8. The minimum Gasteiger partial charge on any atom is -0.393 e. The Kier molecular flexibility index (Phi) is 8.40. The lowest BCUT2D eigenvalue weighted by molar-refractivity contribution is -0.126. The highest BCUT2D eigenvalue weighted by atomic mass is 32.2. The van der Waals surface area contributed by atoms with E-state index in [1.54, 1.807) is 32.0 Å². The molecule has 7 heteroatoms. The Bertz CT molecular complexity index is 667. The Morgan fingerprint density at radius 2 is 1.69 bits per heavy atom. The monoisotopic (exact) mass is 386 g/mol. The van der Waals surface area contributed by atoms with Gasteiger partial charge in [-0.1, -0.05) is 32.0 Å². The minimum atomic E-state index is -3.56. The van der Waals surface area contributed by atoms with E-state index in [0.717, 1.165) is 0 Å². The van der Waals surface area contributed by atoms with E-state index in [0.29, 0.717) is 12.8 Å². The smallest absolute Gasteiger partial charge is 0.179 e. The molecule has 3 atom stereocenters. The van der Waals surface area contributed by atoms with Crippen LogP contribution in [0, 0.1) is 5.41 Å². The number of aliphatic hydroxyl groups excluding tert-OH is 3. The van der Waals surface area contributed by atoms with E-state index in [4.69, 9.17) is 0 Å². The molecule has 148 valence electrons. The van der Waals surface area contributed by atoms with E-state index in [9.17, 15) is 28.5 Å². The number of carbonyl (C=O) groups is 1. The average Bonchev–Trinajstić information content (AvgIpc) is 2.54. The molecule has 0 aromatic heterocycles. The second kappa shape index (κ2) is 9.60. The third-order valence-electron chi connectivity index (χ3n) is 4.42. The molecule has 1 aromatic rings. The molecule has 1 rings (SSSR count). The van der Waals surface area contributed by atoms with Gasteiger partial charge in [0.1, 0.15) is 5.78 Å². The molecule has 0 heterocycles. The van der Waals surface area contributed by atoms with Gasteiger partial charge in [-0.25, -0.2) is 8.42 Å². The first-order valence-electron chi connectivity index (χ1n) is 8.81. The standard InChI is InChI=1S/C19H30O6S/c1-14(20)17(22)12-15(21)8-7-11-18(23)19(2,3)13-26(24,25)16-9-5-4-6-10-16/h4-6,9-10,14-15,17,20-22H,7-8,11-13H2,1-3H3/t14-,15-,17+/m0/s1. The summed E-state index contributed by atoms with van der Waals surface area (Å²) in [6.45, 7) is 4.67. The summed E-state index contributed by atoms with van der Waals surface area (Å²) in [6.07, 6.45) is -1.86. The number of benzene rings is 1. The van der Waals surface area contributed by atoms with Gasteiger partial charge < -0.3 is 15.3 Å². The van der Waals surface area contributed by atoms with Crippen molar-refractivity contribution in [3.05, 3.63) is 30.3 Å². The largest absolute Gasteiger partial charge is 0.393 e. The average molecular weight is 387 g/mol. The van der Waals surface area contributed by atoms with Crippen molar-refractivity contribution in [1.29, 1.82) is 0 Å². The first-order valence-corrected chi connectivity index (χ1v) is 10.5. The van der Waals surface area contributed by atoms with Crippen molar-refractivity contribution >= 4 is 15.6 Å². The van der Waals surface area contributed by atoms with Crippen molar-refractivity contribution in [3.8, 4) is 0 Å². The van der Waals surface area contributed by atoms with Crippen molar-refractivity contribution in [2.24, 2.45) is 5.41 Å². The molecule has 0 fully saturated rings. The number of sulfone groups is 1. The van der Waals surface area contributed by atoms with Gasteiger partial charge in [-0.05, 0) is 31.9 Å². The van der Waals surface area contributed by atoms with Crippen molar-refractivity contribution in [3.63, 3.8) is 0 Å². The highest BCUT2D eigenvalue weighted by Gasteiger charge is 2.33. The van der Waals surface area contributed by atoms with Crippen LogP contribution < -0.4 is 0 Å². The maximum Gasteiger partial charge on any atom is 0.179 e. The summed E-state index contributed by atoms with van der Waals surface area (Å²) >= 11 is 0. The zero-order valence-corrected chi connectivity index (χ0v) is 16.4. The van der Waals surface area contributed by atoms with Gasteiger partial charge in [0, 0.05) is 18.3 Å². The zero-order chi connectivity index (χ0) is 20.0. The van der Waals surface area contributed by atoms with Gasteiger partial charge in [-0.2, -0.15) is 0 Å². The topological polar surface area (TPSA) is 112 Å². The van der Waals surface area contributed by atoms with E-state index >= 15 is 0 Å². The van der Waals surface area contributed by atoms with Gasteiger partial charge in [-0.15, -0.1) is 0 Å². The Hall–Kier alpha value is -1.28. The number of rotatable bonds is 11. The summed E-state index contributed by atoms with van der Waals surface area (Å²) in [6, 6.07) is 8.05. The second-order valence-corrected chi connectivity index (χ2v) is 9.46. The third kappa shape index (κ3) is 7.15. The normalized spacial score (nSPS) is 16.1. The SMILES string of the molecule is C[C@H](O)[C@H](O)C[C@@H](O)CCCC(=O)C(C)(C)CS(=O)(=O)c1ccccc1. The molecular weight excluding hydrogens is 356 g/mol. The van der Waals surface area contributed by atoms with E-state index in [1.807, 2.05) is 0 Å². The van der Waals surface area contributed by atoms with Gasteiger partial charge in [0.15, 0.2) is 9.84 Å². The summed E-state index contributed by atoms with van der Waals surface area (Å²) in [5.41, 5.74) is -1.03. The number of hydrogen-bond acceptors (Lipinski definition) is 6. The second-order valence-electron chi connectivity index (χ2n) is 7.47. The molecule has 0 aliphatic rings. The molecule has 0 aliphatic carbocycles. The molecule has 6 nitrogen and oxygen atoms in total. The molecule has 0 unspecified atom stereocenters. The summed E-state index contributed by atoms with van der Waals surface area (Å²) in [4.78, 5) is 12.6. The van der Waals surface area contributed by atoms with Crippen LogP contribution in [0.15, 0.2) is 35.2 Å². The van der Waals surface area contributed by atoms with Crippen molar-refractivity contribution in [1.82, 2.24) is 0 Å². The van der Waals surface area contributed by atoms with Crippen LogP contribution in [0.25, 0.3) is 0 Å². The number of ketones is 1. The number of carbonyl (C=O) groups excluding carboxylic acids is 1. The zero-order valence-electron chi connectivity index (χ0n) is 15.6. The van der Waals surface area contributed by atoms with Crippen LogP contribution in [0.1, 0.15) is 46.5 Å². The van der Waals surface area contributed by atoms with Gasteiger partial charge in [0.05, 0.1) is 29.0 Å². The van der Waals surface area contributed by atoms with Crippen LogP contribution in [-0.2, 0) is 14.6 Å². The molecule has 0 saturated carbocycles. The number of aliphatic hydroxyl groups is 3. The van der Waals surface area contributed by atoms with Gasteiger partial charge >= 0.3 is 0 Å². The molecule has 0 aliphatic heterocycles. The predicted molar refractivity (Wildman–Crippen MR) is 99.4 cm³/mol. The van der Waals surface area contributed by atoms with E-state index in [1.165, 1.54) is 19.1 Å². The van der Waals surface area contributed by atoms with Crippen LogP contribution in [0.4, 0.5) is 0 Å². The fourth-order valence-electron chi connectivity index (χ4n) is 2.70. The Morgan fingerprint density at radius 1 is 1.12 bits per heavy atom. The first-order chi connectivity index (χ1) is 12.0. The van der Waals surface area contributed by atoms with Gasteiger partial charge in [0.2, 0.25) is 0 Å². The fraction of sp³-hybridized carbons (Fsp3) is 0.632. The molecule has 0 bridgehead atoms. The highest BCUT2D eigenvalue weighted by Crippen LogP contribution is 2.26. The molecule has 3 N–H and O–H groups in total. The lowest BCUT2D eigenvalue weighted by Crippen LogP contribution is -2.33. The van der Waals surface area contributed by atoms with Crippen LogP contribution in [-0.4, -0.2) is 53.6 Å². The Labute approximate surface area is 155 Å². The van der Waals surface area contributed by atoms with Crippen LogP contribution in [0.3, 0.4) is 0 Å². The van der Waals surface area contributed by atoms with Crippen molar-refractivity contribution in [2.45, 2.75) is 69.7 Å².